The summed E-state index contributed by atoms with van der Waals surface area (Å²) in [6.45, 7) is 7.23. The van der Waals surface area contributed by atoms with Crippen molar-refractivity contribution in [1.29, 1.82) is 0 Å². The highest BCUT2D eigenvalue weighted by atomic mass is 16.5. The molecule has 0 aromatic rings. The summed E-state index contributed by atoms with van der Waals surface area (Å²) in [5, 5.41) is 3.43. The predicted molar refractivity (Wildman–Crippen MR) is 55.8 cm³/mol. The van der Waals surface area contributed by atoms with Crippen LogP contribution in [-0.4, -0.2) is 26.3 Å². The molecule has 76 valence electrons. The smallest absolute Gasteiger partial charge is 0.0645 e. The molecule has 1 rings (SSSR count). The van der Waals surface area contributed by atoms with Gasteiger partial charge in [-0.1, -0.05) is 18.9 Å². The van der Waals surface area contributed by atoms with E-state index >= 15 is 0 Å². The molecule has 0 aromatic carbocycles. The quantitative estimate of drug-likeness (QED) is 0.481. The van der Waals surface area contributed by atoms with E-state index in [9.17, 15) is 0 Å². The third-order valence-electron chi connectivity index (χ3n) is 2.57. The number of rotatable bonds is 7. The van der Waals surface area contributed by atoms with Crippen molar-refractivity contribution in [2.45, 2.75) is 25.7 Å². The summed E-state index contributed by atoms with van der Waals surface area (Å²) in [5.74, 6) is 0.930. The molecule has 13 heavy (non-hydrogen) atoms. The molecule has 2 heteroatoms. The molecule has 0 amide bonds. The maximum atomic E-state index is 5.27. The fourth-order valence-electron chi connectivity index (χ4n) is 1.83. The Hall–Kier alpha value is -0.340. The highest BCUT2D eigenvalue weighted by molar-refractivity contribution is 4.69. The van der Waals surface area contributed by atoms with Gasteiger partial charge in [0.1, 0.15) is 0 Å². The topological polar surface area (TPSA) is 21.3 Å². The fourth-order valence-corrected chi connectivity index (χ4v) is 1.83. The molecule has 1 saturated carbocycles. The fraction of sp³-hybridized carbons (Fsp3) is 0.818. The molecule has 0 spiro atoms. The standard InChI is InChI=1S/C11H21NO/c1-2-8-13-9-7-12-10-11-5-3-4-6-11/h2,11-12H,1,3-10H2. The highest BCUT2D eigenvalue weighted by Gasteiger charge is 2.13. The summed E-state index contributed by atoms with van der Waals surface area (Å²) in [5.41, 5.74) is 0. The van der Waals surface area contributed by atoms with Crippen LogP contribution in [0.4, 0.5) is 0 Å². The van der Waals surface area contributed by atoms with Gasteiger partial charge in [-0.2, -0.15) is 0 Å². The SMILES string of the molecule is C=CCOCCNCC1CCCC1. The van der Waals surface area contributed by atoms with Crippen LogP contribution in [0, 0.1) is 5.92 Å². The molecule has 0 bridgehead atoms. The first-order chi connectivity index (χ1) is 6.43. The van der Waals surface area contributed by atoms with Crippen LogP contribution >= 0.6 is 0 Å². The van der Waals surface area contributed by atoms with Gasteiger partial charge in [0.15, 0.2) is 0 Å². The lowest BCUT2D eigenvalue weighted by molar-refractivity contribution is 0.163. The minimum atomic E-state index is 0.672. The van der Waals surface area contributed by atoms with Gasteiger partial charge in [0, 0.05) is 6.54 Å². The zero-order chi connectivity index (χ0) is 9.36. The molecule has 0 aliphatic heterocycles. The Morgan fingerprint density at radius 3 is 2.85 bits per heavy atom. The molecule has 2 nitrogen and oxygen atoms in total. The van der Waals surface area contributed by atoms with Gasteiger partial charge < -0.3 is 10.1 Å². The molecule has 0 unspecified atom stereocenters. The second-order valence-electron chi connectivity index (χ2n) is 3.72. The summed E-state index contributed by atoms with van der Waals surface area (Å²) in [7, 11) is 0. The van der Waals surface area contributed by atoms with E-state index in [1.165, 1.54) is 32.2 Å². The number of hydrogen-bond acceptors (Lipinski definition) is 2. The van der Waals surface area contributed by atoms with Crippen molar-refractivity contribution in [2.24, 2.45) is 5.92 Å². The Morgan fingerprint density at radius 1 is 1.38 bits per heavy atom. The van der Waals surface area contributed by atoms with E-state index < -0.39 is 0 Å². The molecule has 1 aliphatic carbocycles. The Bertz CT molecular complexity index is 130. The zero-order valence-electron chi connectivity index (χ0n) is 8.43. The first-order valence-electron chi connectivity index (χ1n) is 5.33. The van der Waals surface area contributed by atoms with Gasteiger partial charge in [0.2, 0.25) is 0 Å². The molecule has 0 radical (unpaired) electrons. The lowest BCUT2D eigenvalue weighted by Gasteiger charge is -2.09. The van der Waals surface area contributed by atoms with Crippen LogP contribution in [0.2, 0.25) is 0 Å². The summed E-state index contributed by atoms with van der Waals surface area (Å²) in [4.78, 5) is 0. The molecule has 0 heterocycles. The summed E-state index contributed by atoms with van der Waals surface area (Å²) >= 11 is 0. The first-order valence-corrected chi connectivity index (χ1v) is 5.33. The minimum absolute atomic E-state index is 0.672. The van der Waals surface area contributed by atoms with E-state index in [4.69, 9.17) is 4.74 Å². The highest BCUT2D eigenvalue weighted by Crippen LogP contribution is 2.23. The third-order valence-corrected chi connectivity index (χ3v) is 2.57. The van der Waals surface area contributed by atoms with Crippen LogP contribution in [0.25, 0.3) is 0 Å². The summed E-state index contributed by atoms with van der Waals surface area (Å²) in [6.07, 6.45) is 7.48. The van der Waals surface area contributed by atoms with Crippen molar-refractivity contribution >= 4 is 0 Å². The van der Waals surface area contributed by atoms with Crippen molar-refractivity contribution < 1.29 is 4.74 Å². The molecule has 1 N–H and O–H groups in total. The summed E-state index contributed by atoms with van der Waals surface area (Å²) in [6, 6.07) is 0. The van der Waals surface area contributed by atoms with Gasteiger partial charge in [-0.3, -0.25) is 0 Å². The second kappa shape index (κ2) is 7.10. The van der Waals surface area contributed by atoms with Crippen molar-refractivity contribution in [2.75, 3.05) is 26.3 Å². The Morgan fingerprint density at radius 2 is 2.15 bits per heavy atom. The average Bonchev–Trinajstić information content (AvgIpc) is 2.63. The van der Waals surface area contributed by atoms with Crippen LogP contribution < -0.4 is 5.32 Å². The van der Waals surface area contributed by atoms with Gasteiger partial charge in [-0.15, -0.1) is 6.58 Å². The van der Waals surface area contributed by atoms with Crippen molar-refractivity contribution in [3.8, 4) is 0 Å². The monoisotopic (exact) mass is 183 g/mol. The third kappa shape index (κ3) is 5.06. The van der Waals surface area contributed by atoms with Crippen LogP contribution in [0.5, 0.6) is 0 Å². The second-order valence-corrected chi connectivity index (χ2v) is 3.72. The lowest BCUT2D eigenvalue weighted by atomic mass is 10.1. The van der Waals surface area contributed by atoms with Crippen LogP contribution in [0.15, 0.2) is 12.7 Å². The Labute approximate surface area is 81.4 Å². The normalized spacial score (nSPS) is 17.8. The maximum absolute atomic E-state index is 5.27. The maximum Gasteiger partial charge on any atom is 0.0645 e. The van der Waals surface area contributed by atoms with Gasteiger partial charge in [0.05, 0.1) is 13.2 Å². The number of ether oxygens (including phenoxy) is 1. The minimum Gasteiger partial charge on any atom is -0.376 e. The van der Waals surface area contributed by atoms with Crippen molar-refractivity contribution in [3.63, 3.8) is 0 Å². The Balaban J connectivity index is 1.80. The van der Waals surface area contributed by atoms with E-state index in [1.807, 2.05) is 0 Å². The average molecular weight is 183 g/mol. The molecular weight excluding hydrogens is 162 g/mol. The van der Waals surface area contributed by atoms with Crippen molar-refractivity contribution in [3.05, 3.63) is 12.7 Å². The molecule has 0 aromatic heterocycles. The largest absolute Gasteiger partial charge is 0.376 e. The van der Waals surface area contributed by atoms with Gasteiger partial charge in [-0.25, -0.2) is 0 Å². The molecule has 1 aliphatic rings. The van der Waals surface area contributed by atoms with E-state index in [0.717, 1.165) is 19.1 Å². The molecule has 0 atom stereocenters. The predicted octanol–water partition coefficient (Wildman–Crippen LogP) is 1.97. The van der Waals surface area contributed by atoms with E-state index in [1.54, 1.807) is 6.08 Å². The van der Waals surface area contributed by atoms with Crippen LogP contribution in [0.3, 0.4) is 0 Å². The number of nitrogens with one attached hydrogen (secondary N) is 1. The van der Waals surface area contributed by atoms with Crippen molar-refractivity contribution in [1.82, 2.24) is 5.32 Å². The molecule has 0 saturated heterocycles. The van der Waals surface area contributed by atoms with E-state index in [-0.39, 0.29) is 0 Å². The zero-order valence-corrected chi connectivity index (χ0v) is 8.43. The Kier molecular flexibility index (Phi) is 5.87. The molecular formula is C11H21NO. The molecule has 1 fully saturated rings. The number of hydrogen-bond donors (Lipinski definition) is 1. The van der Waals surface area contributed by atoms with Gasteiger partial charge in [-0.05, 0) is 25.3 Å². The lowest BCUT2D eigenvalue weighted by Crippen LogP contribution is -2.25. The van der Waals surface area contributed by atoms with Crippen LogP contribution in [0.1, 0.15) is 25.7 Å². The first kappa shape index (κ1) is 10.7. The summed E-state index contributed by atoms with van der Waals surface area (Å²) < 4.78 is 5.27. The van der Waals surface area contributed by atoms with E-state index in [2.05, 4.69) is 11.9 Å². The van der Waals surface area contributed by atoms with E-state index in [0.29, 0.717) is 6.61 Å². The van der Waals surface area contributed by atoms with Gasteiger partial charge >= 0.3 is 0 Å². The van der Waals surface area contributed by atoms with Crippen LogP contribution in [-0.2, 0) is 4.74 Å². The van der Waals surface area contributed by atoms with Gasteiger partial charge in [0.25, 0.3) is 0 Å².